The van der Waals surface area contributed by atoms with Gasteiger partial charge in [-0.2, -0.15) is 4.98 Å². The van der Waals surface area contributed by atoms with E-state index in [2.05, 4.69) is 59.2 Å². The van der Waals surface area contributed by atoms with E-state index < -0.39 is 0 Å². The zero-order valence-electron chi connectivity index (χ0n) is 14.8. The van der Waals surface area contributed by atoms with Crippen LogP contribution in [-0.2, 0) is 0 Å². The SMILES string of the molecule is Cc1ccc(-c2csc3nc(Cl)nc(N4CCCCC4C)c23)cc1C. The molecule has 0 bridgehead atoms. The van der Waals surface area contributed by atoms with Gasteiger partial charge in [0.05, 0.1) is 5.39 Å². The summed E-state index contributed by atoms with van der Waals surface area (Å²) in [4.78, 5) is 12.5. The van der Waals surface area contributed by atoms with Gasteiger partial charge in [0.2, 0.25) is 5.28 Å². The lowest BCUT2D eigenvalue weighted by atomic mass is 9.99. The van der Waals surface area contributed by atoms with Gasteiger partial charge in [0, 0.05) is 23.5 Å². The Balaban J connectivity index is 1.93. The second-order valence-electron chi connectivity index (χ2n) is 6.98. The molecule has 2 aromatic heterocycles. The van der Waals surface area contributed by atoms with Crippen molar-refractivity contribution in [1.29, 1.82) is 0 Å². The molecule has 1 saturated heterocycles. The van der Waals surface area contributed by atoms with Crippen LogP contribution in [0.3, 0.4) is 0 Å². The number of benzene rings is 1. The molecule has 0 saturated carbocycles. The lowest BCUT2D eigenvalue weighted by Crippen LogP contribution is -2.38. The summed E-state index contributed by atoms with van der Waals surface area (Å²) < 4.78 is 0. The van der Waals surface area contributed by atoms with Gasteiger partial charge >= 0.3 is 0 Å². The maximum absolute atomic E-state index is 6.25. The fourth-order valence-electron chi connectivity index (χ4n) is 3.64. The molecule has 1 aromatic carbocycles. The lowest BCUT2D eigenvalue weighted by molar-refractivity contribution is 0.482. The smallest absolute Gasteiger partial charge is 0.225 e. The maximum atomic E-state index is 6.25. The lowest BCUT2D eigenvalue weighted by Gasteiger charge is -2.35. The standard InChI is InChI=1S/C20H22ClN3S/c1-12-7-8-15(10-13(12)2)16-11-25-19-17(16)18(22-20(21)23-19)24-9-5-4-6-14(24)3/h7-8,10-11,14H,4-6,9H2,1-3H3. The molecular weight excluding hydrogens is 350 g/mol. The van der Waals surface area contributed by atoms with E-state index in [1.165, 1.54) is 41.5 Å². The minimum atomic E-state index is 0.341. The Morgan fingerprint density at radius 2 is 2.00 bits per heavy atom. The third kappa shape index (κ3) is 3.02. The summed E-state index contributed by atoms with van der Waals surface area (Å²) in [5, 5.41) is 3.68. The summed E-state index contributed by atoms with van der Waals surface area (Å²) in [5.41, 5.74) is 5.06. The molecule has 3 aromatic rings. The predicted molar refractivity (Wildman–Crippen MR) is 108 cm³/mol. The highest BCUT2D eigenvalue weighted by molar-refractivity contribution is 7.17. The van der Waals surface area contributed by atoms with Crippen LogP contribution in [0.2, 0.25) is 5.28 Å². The van der Waals surface area contributed by atoms with Crippen molar-refractivity contribution < 1.29 is 0 Å². The summed E-state index contributed by atoms with van der Waals surface area (Å²) in [6.45, 7) is 7.62. The first-order valence-corrected chi connectivity index (χ1v) is 10.1. The molecule has 1 fully saturated rings. The van der Waals surface area contributed by atoms with E-state index >= 15 is 0 Å². The highest BCUT2D eigenvalue weighted by Crippen LogP contribution is 2.40. The average molecular weight is 372 g/mol. The van der Waals surface area contributed by atoms with Crippen molar-refractivity contribution in [2.75, 3.05) is 11.4 Å². The molecule has 4 rings (SSSR count). The molecule has 3 nitrogen and oxygen atoms in total. The van der Waals surface area contributed by atoms with Crippen molar-refractivity contribution in [3.05, 3.63) is 40.0 Å². The number of aromatic nitrogens is 2. The monoisotopic (exact) mass is 371 g/mol. The Bertz CT molecular complexity index is 934. The van der Waals surface area contributed by atoms with Gasteiger partial charge in [-0.05, 0) is 68.3 Å². The van der Waals surface area contributed by atoms with Gasteiger partial charge in [0.15, 0.2) is 0 Å². The van der Waals surface area contributed by atoms with E-state index in [0.29, 0.717) is 11.3 Å². The molecule has 1 aliphatic rings. The van der Waals surface area contributed by atoms with E-state index in [1.807, 2.05) is 0 Å². The van der Waals surface area contributed by atoms with Crippen LogP contribution in [0.1, 0.15) is 37.3 Å². The van der Waals surface area contributed by atoms with E-state index in [0.717, 1.165) is 22.6 Å². The number of aryl methyl sites for hydroxylation is 2. The molecule has 0 radical (unpaired) electrons. The number of nitrogens with zero attached hydrogens (tertiary/aromatic N) is 3. The predicted octanol–water partition coefficient (Wildman–Crippen LogP) is 6.01. The second kappa shape index (κ2) is 6.58. The number of fused-ring (bicyclic) bond motifs is 1. The highest BCUT2D eigenvalue weighted by Gasteiger charge is 2.25. The molecule has 1 unspecified atom stereocenters. The topological polar surface area (TPSA) is 29.0 Å². The molecule has 3 heterocycles. The molecule has 0 amide bonds. The quantitative estimate of drug-likeness (QED) is 0.516. The Labute approximate surface area is 157 Å². The molecule has 25 heavy (non-hydrogen) atoms. The van der Waals surface area contributed by atoms with Gasteiger partial charge in [-0.1, -0.05) is 18.2 Å². The third-order valence-corrected chi connectivity index (χ3v) is 6.32. The Hall–Kier alpha value is -1.65. The summed E-state index contributed by atoms with van der Waals surface area (Å²) in [5.74, 6) is 0.997. The third-order valence-electron chi connectivity index (χ3n) is 5.28. The largest absolute Gasteiger partial charge is 0.353 e. The van der Waals surface area contributed by atoms with Crippen molar-refractivity contribution in [2.24, 2.45) is 0 Å². The number of hydrogen-bond acceptors (Lipinski definition) is 4. The van der Waals surface area contributed by atoms with E-state index in [-0.39, 0.29) is 0 Å². The Morgan fingerprint density at radius 1 is 1.16 bits per heavy atom. The van der Waals surface area contributed by atoms with Crippen LogP contribution in [0.25, 0.3) is 21.3 Å². The summed E-state index contributed by atoms with van der Waals surface area (Å²) in [6, 6.07) is 7.13. The van der Waals surface area contributed by atoms with Gasteiger partial charge in [-0.25, -0.2) is 4.98 Å². The molecular formula is C20H22ClN3S. The molecule has 5 heteroatoms. The number of hydrogen-bond donors (Lipinski definition) is 0. The summed E-state index contributed by atoms with van der Waals surface area (Å²) in [7, 11) is 0. The Kier molecular flexibility index (Phi) is 4.42. The molecule has 1 aliphatic heterocycles. The first-order chi connectivity index (χ1) is 12.0. The minimum absolute atomic E-state index is 0.341. The van der Waals surface area contributed by atoms with Crippen molar-refractivity contribution >= 4 is 39.0 Å². The van der Waals surface area contributed by atoms with Crippen molar-refractivity contribution in [1.82, 2.24) is 9.97 Å². The highest BCUT2D eigenvalue weighted by atomic mass is 35.5. The molecule has 0 aliphatic carbocycles. The second-order valence-corrected chi connectivity index (χ2v) is 8.18. The summed E-state index contributed by atoms with van der Waals surface area (Å²) in [6.07, 6.45) is 3.69. The van der Waals surface area contributed by atoms with E-state index in [4.69, 9.17) is 11.6 Å². The average Bonchev–Trinajstić information content (AvgIpc) is 3.01. The van der Waals surface area contributed by atoms with Crippen LogP contribution in [0, 0.1) is 13.8 Å². The number of rotatable bonds is 2. The number of halogens is 1. The molecule has 130 valence electrons. The van der Waals surface area contributed by atoms with Crippen LogP contribution in [-0.4, -0.2) is 22.6 Å². The Morgan fingerprint density at radius 3 is 2.76 bits per heavy atom. The molecule has 0 spiro atoms. The van der Waals surface area contributed by atoms with E-state index in [9.17, 15) is 0 Å². The van der Waals surface area contributed by atoms with Gasteiger partial charge < -0.3 is 4.90 Å². The van der Waals surface area contributed by atoms with E-state index in [1.54, 1.807) is 11.3 Å². The summed E-state index contributed by atoms with van der Waals surface area (Å²) >= 11 is 7.90. The fraction of sp³-hybridized carbons (Fsp3) is 0.400. The molecule has 0 N–H and O–H groups in total. The van der Waals surface area contributed by atoms with Crippen molar-refractivity contribution in [3.8, 4) is 11.1 Å². The first kappa shape index (κ1) is 16.8. The van der Waals surface area contributed by atoms with Crippen LogP contribution in [0.4, 0.5) is 5.82 Å². The fourth-order valence-corrected chi connectivity index (χ4v) is 4.80. The zero-order valence-corrected chi connectivity index (χ0v) is 16.4. The normalized spacial score (nSPS) is 18.1. The van der Waals surface area contributed by atoms with Gasteiger partial charge in [-0.3, -0.25) is 0 Å². The molecule has 1 atom stereocenters. The maximum Gasteiger partial charge on any atom is 0.225 e. The van der Waals surface area contributed by atoms with Crippen LogP contribution in [0.5, 0.6) is 0 Å². The zero-order chi connectivity index (χ0) is 17.6. The van der Waals surface area contributed by atoms with Gasteiger partial charge in [0.25, 0.3) is 0 Å². The van der Waals surface area contributed by atoms with Gasteiger partial charge in [-0.15, -0.1) is 11.3 Å². The van der Waals surface area contributed by atoms with Crippen molar-refractivity contribution in [2.45, 2.75) is 46.1 Å². The van der Waals surface area contributed by atoms with Crippen LogP contribution < -0.4 is 4.90 Å². The number of anilines is 1. The van der Waals surface area contributed by atoms with Crippen molar-refractivity contribution in [3.63, 3.8) is 0 Å². The number of thiophene rings is 1. The van der Waals surface area contributed by atoms with Gasteiger partial charge in [0.1, 0.15) is 10.6 Å². The first-order valence-electron chi connectivity index (χ1n) is 8.83. The van der Waals surface area contributed by atoms with Crippen LogP contribution in [0.15, 0.2) is 23.6 Å². The minimum Gasteiger partial charge on any atom is -0.353 e. The number of piperidine rings is 1. The van der Waals surface area contributed by atoms with Crippen LogP contribution >= 0.6 is 22.9 Å².